The highest BCUT2D eigenvalue weighted by Gasteiger charge is 2.26. The number of carboxylic acids is 1. The van der Waals surface area contributed by atoms with Gasteiger partial charge in [-0.2, -0.15) is 0 Å². The van der Waals surface area contributed by atoms with E-state index in [0.717, 1.165) is 19.4 Å². The van der Waals surface area contributed by atoms with Gasteiger partial charge in [0.25, 0.3) is 0 Å². The molecule has 10 heteroatoms. The van der Waals surface area contributed by atoms with E-state index in [4.69, 9.17) is 5.11 Å². The van der Waals surface area contributed by atoms with Crippen LogP contribution < -0.4 is 5.43 Å². The van der Waals surface area contributed by atoms with Crippen LogP contribution >= 0.6 is 0 Å². The first-order valence-electron chi connectivity index (χ1n) is 7.02. The lowest BCUT2D eigenvalue weighted by Gasteiger charge is -2.12. The van der Waals surface area contributed by atoms with Crippen molar-refractivity contribution in [3.63, 3.8) is 0 Å². The molecule has 0 aliphatic heterocycles. The van der Waals surface area contributed by atoms with Crippen LogP contribution in [0.5, 0.6) is 0 Å². The molecule has 0 atom stereocenters. The summed E-state index contributed by atoms with van der Waals surface area (Å²) in [5.41, 5.74) is -1.44. The number of rotatable bonds is 5. The van der Waals surface area contributed by atoms with Crippen LogP contribution in [0.25, 0.3) is 10.9 Å². The molecule has 0 saturated carbocycles. The lowest BCUT2D eigenvalue weighted by Crippen LogP contribution is -2.21. The number of carbonyl (C=O) groups excluding carboxylic acids is 1. The van der Waals surface area contributed by atoms with Crippen molar-refractivity contribution in [3.8, 4) is 0 Å². The van der Waals surface area contributed by atoms with Gasteiger partial charge in [-0.25, -0.2) is 17.6 Å². The average Bonchev–Trinajstić information content (AvgIpc) is 2.54. The normalized spacial score (nSPS) is 11.5. The van der Waals surface area contributed by atoms with Crippen molar-refractivity contribution in [1.29, 1.82) is 0 Å². The quantitative estimate of drug-likeness (QED) is 0.772. The summed E-state index contributed by atoms with van der Waals surface area (Å²) in [5, 5.41) is 8.80. The van der Waals surface area contributed by atoms with Gasteiger partial charge in [0.1, 0.15) is 16.3 Å². The van der Waals surface area contributed by atoms with Crippen molar-refractivity contribution in [2.24, 2.45) is 0 Å². The highest BCUT2D eigenvalue weighted by Crippen LogP contribution is 2.23. The van der Waals surface area contributed by atoms with Crippen LogP contribution in [0, 0.1) is 5.82 Å². The molecule has 25 heavy (non-hydrogen) atoms. The topological polar surface area (TPSA) is 120 Å². The van der Waals surface area contributed by atoms with E-state index >= 15 is 0 Å². The summed E-state index contributed by atoms with van der Waals surface area (Å²) >= 11 is 0. The number of halogens is 1. The van der Waals surface area contributed by atoms with E-state index in [-0.39, 0.29) is 17.4 Å². The van der Waals surface area contributed by atoms with E-state index < -0.39 is 49.2 Å². The molecule has 0 bridgehead atoms. The van der Waals surface area contributed by atoms with Gasteiger partial charge < -0.3 is 14.4 Å². The maximum atomic E-state index is 14.3. The Morgan fingerprint density at radius 1 is 1.32 bits per heavy atom. The monoisotopic (exact) mass is 371 g/mol. The van der Waals surface area contributed by atoms with Gasteiger partial charge in [0, 0.05) is 18.1 Å². The van der Waals surface area contributed by atoms with Gasteiger partial charge in [-0.3, -0.25) is 9.59 Å². The number of hydrogen-bond acceptors (Lipinski definition) is 6. The summed E-state index contributed by atoms with van der Waals surface area (Å²) < 4.78 is 44.3. The number of nitrogens with zero attached hydrogens (tertiary/aromatic N) is 1. The molecule has 0 saturated heterocycles. The molecule has 1 N–H and O–H groups in total. The number of methoxy groups -OCH3 is 1. The third kappa shape index (κ3) is 3.38. The van der Waals surface area contributed by atoms with Crippen LogP contribution in [0.3, 0.4) is 0 Å². The molecule has 2 aromatic rings. The number of carbonyl (C=O) groups is 2. The summed E-state index contributed by atoms with van der Waals surface area (Å²) in [6, 6.07) is 1.58. The Hall–Kier alpha value is -2.75. The van der Waals surface area contributed by atoms with Crippen LogP contribution in [0.1, 0.15) is 17.3 Å². The fourth-order valence-corrected chi connectivity index (χ4v) is 3.57. The number of sulfone groups is 1. The van der Waals surface area contributed by atoms with Crippen molar-refractivity contribution >= 4 is 32.7 Å². The first-order chi connectivity index (χ1) is 11.6. The Labute approximate surface area is 141 Å². The van der Waals surface area contributed by atoms with E-state index in [0.29, 0.717) is 6.07 Å². The molecule has 0 aliphatic carbocycles. The minimum Gasteiger partial charge on any atom is -0.477 e. The molecule has 134 valence electrons. The number of aromatic nitrogens is 1. The SMILES string of the molecule is CCn1cc(C(=O)O)c(=O)c2cc(F)c(S(=O)(=O)CC(=O)OC)cc21. The summed E-state index contributed by atoms with van der Waals surface area (Å²) in [7, 11) is -3.34. The third-order valence-electron chi connectivity index (χ3n) is 3.58. The molecule has 1 heterocycles. The Morgan fingerprint density at radius 3 is 2.48 bits per heavy atom. The summed E-state index contributed by atoms with van der Waals surface area (Å²) in [6.45, 7) is 1.85. The van der Waals surface area contributed by atoms with Crippen LogP contribution in [0.4, 0.5) is 4.39 Å². The molecule has 0 radical (unpaired) electrons. The van der Waals surface area contributed by atoms with Gasteiger partial charge in [-0.05, 0) is 19.1 Å². The Balaban J connectivity index is 2.83. The zero-order valence-electron chi connectivity index (χ0n) is 13.3. The maximum Gasteiger partial charge on any atom is 0.341 e. The number of aryl methyl sites for hydroxylation is 1. The van der Waals surface area contributed by atoms with Crippen molar-refractivity contribution < 1.29 is 32.2 Å². The lowest BCUT2D eigenvalue weighted by atomic mass is 10.1. The second-order valence-corrected chi connectivity index (χ2v) is 7.06. The van der Waals surface area contributed by atoms with E-state index in [1.807, 2.05) is 0 Å². The Kier molecular flexibility index (Phi) is 4.93. The summed E-state index contributed by atoms with van der Waals surface area (Å²) in [5.74, 6) is -4.85. The van der Waals surface area contributed by atoms with Gasteiger partial charge in [0.05, 0.1) is 12.6 Å². The molecule has 0 fully saturated rings. The van der Waals surface area contributed by atoms with Crippen LogP contribution in [-0.4, -0.2) is 42.9 Å². The summed E-state index contributed by atoms with van der Waals surface area (Å²) in [6.07, 6.45) is 1.06. The fourth-order valence-electron chi connectivity index (χ4n) is 2.34. The molecule has 0 aliphatic rings. The number of hydrogen-bond donors (Lipinski definition) is 1. The number of benzene rings is 1. The fraction of sp³-hybridized carbons (Fsp3) is 0.267. The molecule has 0 amide bonds. The van der Waals surface area contributed by atoms with Crippen molar-refractivity contribution in [1.82, 2.24) is 4.57 Å². The smallest absolute Gasteiger partial charge is 0.341 e. The minimum absolute atomic E-state index is 0.0438. The third-order valence-corrected chi connectivity index (χ3v) is 5.17. The number of esters is 1. The van der Waals surface area contributed by atoms with Crippen LogP contribution in [-0.2, 0) is 25.9 Å². The average molecular weight is 371 g/mol. The second kappa shape index (κ2) is 6.63. The highest BCUT2D eigenvalue weighted by molar-refractivity contribution is 7.92. The van der Waals surface area contributed by atoms with E-state index in [1.165, 1.54) is 4.57 Å². The number of pyridine rings is 1. The molecule has 1 aromatic carbocycles. The first kappa shape index (κ1) is 18.6. The van der Waals surface area contributed by atoms with Crippen molar-refractivity contribution in [2.45, 2.75) is 18.4 Å². The zero-order valence-corrected chi connectivity index (χ0v) is 14.1. The van der Waals surface area contributed by atoms with Gasteiger partial charge in [-0.1, -0.05) is 0 Å². The Morgan fingerprint density at radius 2 is 1.96 bits per heavy atom. The van der Waals surface area contributed by atoms with E-state index in [9.17, 15) is 27.2 Å². The van der Waals surface area contributed by atoms with Crippen molar-refractivity contribution in [3.05, 3.63) is 39.9 Å². The number of carboxylic acid groups (broad SMARTS) is 1. The predicted octanol–water partition coefficient (Wildman–Crippen LogP) is 0.805. The molecular weight excluding hydrogens is 357 g/mol. The largest absolute Gasteiger partial charge is 0.477 e. The molecule has 0 unspecified atom stereocenters. The standard InChI is InChI=1S/C15H14FNO7S/c1-3-17-6-9(15(20)21)14(19)8-4-10(16)12(5-11(8)17)25(22,23)7-13(18)24-2/h4-6H,3,7H2,1-2H3,(H,20,21). The molecule has 1 aromatic heterocycles. The van der Waals surface area contributed by atoms with E-state index in [2.05, 4.69) is 4.74 Å². The highest BCUT2D eigenvalue weighted by atomic mass is 32.2. The Bertz CT molecular complexity index is 1040. The maximum absolute atomic E-state index is 14.3. The molecule has 2 rings (SSSR count). The van der Waals surface area contributed by atoms with Gasteiger partial charge >= 0.3 is 11.9 Å². The molecule has 0 spiro atoms. The van der Waals surface area contributed by atoms with Crippen molar-refractivity contribution in [2.75, 3.05) is 12.9 Å². The number of ether oxygens (including phenoxy) is 1. The molecular formula is C15H14FNO7S. The van der Waals surface area contributed by atoms with Gasteiger partial charge in [0.15, 0.2) is 15.6 Å². The van der Waals surface area contributed by atoms with Gasteiger partial charge in [0.2, 0.25) is 5.43 Å². The van der Waals surface area contributed by atoms with Crippen LogP contribution in [0.2, 0.25) is 0 Å². The number of fused-ring (bicyclic) bond motifs is 1. The lowest BCUT2D eigenvalue weighted by molar-refractivity contribution is -0.137. The van der Waals surface area contributed by atoms with Gasteiger partial charge in [-0.15, -0.1) is 0 Å². The second-order valence-electron chi connectivity index (χ2n) is 5.10. The van der Waals surface area contributed by atoms with Crippen LogP contribution in [0.15, 0.2) is 28.0 Å². The van der Waals surface area contributed by atoms with E-state index in [1.54, 1.807) is 6.92 Å². The minimum atomic E-state index is -4.34. The zero-order chi connectivity index (χ0) is 18.9. The molecule has 8 nitrogen and oxygen atoms in total. The summed E-state index contributed by atoms with van der Waals surface area (Å²) in [4.78, 5) is 33.8. The predicted molar refractivity (Wildman–Crippen MR) is 84.9 cm³/mol. The first-order valence-corrected chi connectivity index (χ1v) is 8.67. The number of aromatic carboxylic acids is 1.